The van der Waals surface area contributed by atoms with Gasteiger partial charge in [-0.25, -0.2) is 4.98 Å². The van der Waals surface area contributed by atoms with E-state index in [1.165, 1.54) is 0 Å². The molecule has 0 aliphatic heterocycles. The van der Waals surface area contributed by atoms with E-state index in [0.29, 0.717) is 5.75 Å². The van der Waals surface area contributed by atoms with Crippen molar-refractivity contribution in [1.82, 2.24) is 4.98 Å². The van der Waals surface area contributed by atoms with E-state index in [4.69, 9.17) is 16.3 Å². The molecule has 0 radical (unpaired) electrons. The van der Waals surface area contributed by atoms with Crippen molar-refractivity contribution < 1.29 is 17.9 Å². The van der Waals surface area contributed by atoms with Gasteiger partial charge in [0.15, 0.2) is 0 Å². The summed E-state index contributed by atoms with van der Waals surface area (Å²) in [6, 6.07) is 6.89. The predicted octanol–water partition coefficient (Wildman–Crippen LogP) is 5.16. The number of halogens is 4. The van der Waals surface area contributed by atoms with Gasteiger partial charge >= 0.3 is 6.18 Å². The lowest BCUT2D eigenvalue weighted by molar-refractivity contribution is -0.137. The Kier molecular flexibility index (Phi) is 3.90. The zero-order valence-electron chi connectivity index (χ0n) is 10.8. The first kappa shape index (κ1) is 14.7. The molecule has 0 aliphatic carbocycles. The van der Waals surface area contributed by atoms with Crippen molar-refractivity contribution in [3.05, 3.63) is 52.2 Å². The molecular formula is C14H11ClF3NO. The SMILES string of the molecule is Cc1cccc(Oc2cc(C(F)(F)F)cc(Cl)n2)c1C. The fourth-order valence-corrected chi connectivity index (χ4v) is 1.84. The van der Waals surface area contributed by atoms with Crippen LogP contribution in [0.3, 0.4) is 0 Å². The van der Waals surface area contributed by atoms with E-state index in [-0.39, 0.29) is 11.0 Å². The largest absolute Gasteiger partial charge is 0.439 e. The number of alkyl halides is 3. The molecule has 0 unspecified atom stereocenters. The van der Waals surface area contributed by atoms with Crippen LogP contribution in [0.15, 0.2) is 30.3 Å². The number of aromatic nitrogens is 1. The van der Waals surface area contributed by atoms with E-state index in [1.807, 2.05) is 19.9 Å². The van der Waals surface area contributed by atoms with Gasteiger partial charge in [0.25, 0.3) is 0 Å². The van der Waals surface area contributed by atoms with Gasteiger partial charge in [0.2, 0.25) is 5.88 Å². The number of ether oxygens (including phenoxy) is 1. The van der Waals surface area contributed by atoms with E-state index in [0.717, 1.165) is 23.3 Å². The highest BCUT2D eigenvalue weighted by Gasteiger charge is 2.31. The second-order valence-corrected chi connectivity index (χ2v) is 4.70. The molecule has 1 heterocycles. The minimum absolute atomic E-state index is 0.182. The van der Waals surface area contributed by atoms with Crippen LogP contribution in [-0.4, -0.2) is 4.98 Å². The van der Waals surface area contributed by atoms with Crippen molar-refractivity contribution in [3.63, 3.8) is 0 Å². The van der Waals surface area contributed by atoms with Gasteiger partial charge in [-0.05, 0) is 37.1 Å². The summed E-state index contributed by atoms with van der Waals surface area (Å²) in [7, 11) is 0. The van der Waals surface area contributed by atoms with Crippen molar-refractivity contribution >= 4 is 11.6 Å². The van der Waals surface area contributed by atoms with Crippen molar-refractivity contribution in [2.75, 3.05) is 0 Å². The molecule has 2 nitrogen and oxygen atoms in total. The third kappa shape index (κ3) is 3.22. The molecule has 0 atom stereocenters. The molecule has 0 fully saturated rings. The van der Waals surface area contributed by atoms with Gasteiger partial charge in [-0.2, -0.15) is 13.2 Å². The molecule has 0 N–H and O–H groups in total. The number of rotatable bonds is 2. The van der Waals surface area contributed by atoms with Gasteiger partial charge in [-0.15, -0.1) is 0 Å². The Balaban J connectivity index is 2.39. The van der Waals surface area contributed by atoms with Crippen LogP contribution in [0.2, 0.25) is 5.15 Å². The summed E-state index contributed by atoms with van der Waals surface area (Å²) in [5, 5.41) is -0.264. The zero-order chi connectivity index (χ0) is 14.9. The molecule has 0 saturated carbocycles. The smallest absolute Gasteiger partial charge is 0.416 e. The van der Waals surface area contributed by atoms with Crippen LogP contribution in [-0.2, 0) is 6.18 Å². The fourth-order valence-electron chi connectivity index (χ4n) is 1.64. The number of pyridine rings is 1. The minimum atomic E-state index is -4.49. The second kappa shape index (κ2) is 5.32. The average molecular weight is 302 g/mol. The highest BCUT2D eigenvalue weighted by atomic mass is 35.5. The Morgan fingerprint density at radius 3 is 2.50 bits per heavy atom. The molecule has 2 rings (SSSR count). The monoisotopic (exact) mass is 301 g/mol. The van der Waals surface area contributed by atoms with Crippen LogP contribution < -0.4 is 4.74 Å². The molecule has 106 valence electrons. The summed E-state index contributed by atoms with van der Waals surface area (Å²) in [6.45, 7) is 3.70. The van der Waals surface area contributed by atoms with Crippen molar-refractivity contribution in [3.8, 4) is 11.6 Å². The van der Waals surface area contributed by atoms with Crippen LogP contribution in [0.1, 0.15) is 16.7 Å². The van der Waals surface area contributed by atoms with E-state index >= 15 is 0 Å². The molecule has 6 heteroatoms. The normalized spacial score (nSPS) is 11.5. The number of hydrogen-bond acceptors (Lipinski definition) is 2. The number of benzene rings is 1. The van der Waals surface area contributed by atoms with Gasteiger partial charge in [0.05, 0.1) is 5.56 Å². The minimum Gasteiger partial charge on any atom is -0.439 e. The van der Waals surface area contributed by atoms with E-state index < -0.39 is 11.7 Å². The van der Waals surface area contributed by atoms with Gasteiger partial charge in [-0.1, -0.05) is 23.7 Å². The third-order valence-corrected chi connectivity index (χ3v) is 3.06. The average Bonchev–Trinajstić information content (AvgIpc) is 2.33. The summed E-state index contributed by atoms with van der Waals surface area (Å²) in [5.74, 6) is 0.270. The maximum Gasteiger partial charge on any atom is 0.416 e. The Morgan fingerprint density at radius 2 is 1.85 bits per heavy atom. The Hall–Kier alpha value is -1.75. The maximum atomic E-state index is 12.7. The van der Waals surface area contributed by atoms with Crippen molar-refractivity contribution in [1.29, 1.82) is 0 Å². The molecule has 0 aliphatic rings. The lowest BCUT2D eigenvalue weighted by Gasteiger charge is -2.12. The molecular weight excluding hydrogens is 291 g/mol. The summed E-state index contributed by atoms with van der Waals surface area (Å²) in [4.78, 5) is 3.76. The first-order valence-electron chi connectivity index (χ1n) is 5.76. The zero-order valence-corrected chi connectivity index (χ0v) is 11.5. The molecule has 0 bridgehead atoms. The molecule has 2 aromatic rings. The van der Waals surface area contributed by atoms with Crippen LogP contribution in [0.4, 0.5) is 13.2 Å². The molecule has 1 aromatic carbocycles. The van der Waals surface area contributed by atoms with Gasteiger partial charge in [0.1, 0.15) is 10.9 Å². The quantitative estimate of drug-likeness (QED) is 0.715. The predicted molar refractivity (Wildman–Crippen MR) is 70.2 cm³/mol. The van der Waals surface area contributed by atoms with Gasteiger partial charge in [-0.3, -0.25) is 0 Å². The third-order valence-electron chi connectivity index (χ3n) is 2.87. The van der Waals surface area contributed by atoms with E-state index in [9.17, 15) is 13.2 Å². The second-order valence-electron chi connectivity index (χ2n) is 4.31. The Labute approximate surface area is 119 Å². The molecule has 1 aromatic heterocycles. The summed E-state index contributed by atoms with van der Waals surface area (Å²) in [5.41, 5.74) is 0.918. The Morgan fingerprint density at radius 1 is 1.15 bits per heavy atom. The molecule has 0 spiro atoms. The van der Waals surface area contributed by atoms with Gasteiger partial charge in [0, 0.05) is 6.07 Å². The van der Waals surface area contributed by atoms with Crippen LogP contribution in [0.25, 0.3) is 0 Å². The first-order chi connectivity index (χ1) is 9.27. The first-order valence-corrected chi connectivity index (χ1v) is 6.14. The molecule has 0 saturated heterocycles. The summed E-state index contributed by atoms with van der Waals surface area (Å²) < 4.78 is 43.5. The summed E-state index contributed by atoms with van der Waals surface area (Å²) in [6.07, 6.45) is -4.49. The number of nitrogens with zero attached hydrogens (tertiary/aromatic N) is 1. The van der Waals surface area contributed by atoms with Crippen molar-refractivity contribution in [2.45, 2.75) is 20.0 Å². The van der Waals surface area contributed by atoms with Crippen molar-refractivity contribution in [2.24, 2.45) is 0 Å². The lowest BCUT2D eigenvalue weighted by Crippen LogP contribution is -2.06. The Bertz CT molecular complexity index is 641. The maximum absolute atomic E-state index is 12.7. The van der Waals surface area contributed by atoms with Crippen LogP contribution >= 0.6 is 11.6 Å². The fraction of sp³-hybridized carbons (Fsp3) is 0.214. The van der Waals surface area contributed by atoms with Gasteiger partial charge < -0.3 is 4.74 Å². The van der Waals surface area contributed by atoms with E-state index in [1.54, 1.807) is 12.1 Å². The lowest BCUT2D eigenvalue weighted by atomic mass is 10.1. The van der Waals surface area contributed by atoms with E-state index in [2.05, 4.69) is 4.98 Å². The number of hydrogen-bond donors (Lipinski definition) is 0. The topological polar surface area (TPSA) is 22.1 Å². The highest BCUT2D eigenvalue weighted by molar-refractivity contribution is 6.29. The molecule has 0 amide bonds. The molecule has 20 heavy (non-hydrogen) atoms. The number of aryl methyl sites for hydroxylation is 1. The summed E-state index contributed by atoms with van der Waals surface area (Å²) >= 11 is 5.60. The van der Waals surface area contributed by atoms with Crippen LogP contribution in [0, 0.1) is 13.8 Å². The van der Waals surface area contributed by atoms with Crippen LogP contribution in [0.5, 0.6) is 11.6 Å². The highest BCUT2D eigenvalue weighted by Crippen LogP contribution is 2.34. The standard InChI is InChI=1S/C14H11ClF3NO/c1-8-4-3-5-11(9(8)2)20-13-7-10(14(16,17)18)6-12(15)19-13/h3-7H,1-2H3.